The number of halogens is 4. The van der Waals surface area contributed by atoms with Crippen molar-refractivity contribution in [2.45, 2.75) is 37.3 Å². The van der Waals surface area contributed by atoms with E-state index in [4.69, 9.17) is 21.1 Å². The van der Waals surface area contributed by atoms with Gasteiger partial charge >= 0.3 is 18.1 Å². The Morgan fingerprint density at radius 1 is 1.11 bits per heavy atom. The van der Waals surface area contributed by atoms with E-state index in [-0.39, 0.29) is 34.4 Å². The maximum absolute atomic E-state index is 13.5. The largest absolute Gasteiger partial charge is 0.462 e. The summed E-state index contributed by atoms with van der Waals surface area (Å²) in [5.41, 5.74) is -0.641. The predicted octanol–water partition coefficient (Wildman–Crippen LogP) is 6.26. The first-order valence-corrected chi connectivity index (χ1v) is 15.8. The minimum Gasteiger partial charge on any atom is -0.462 e. The molecule has 0 atom stereocenters. The second-order valence-corrected chi connectivity index (χ2v) is 12.8. The van der Waals surface area contributed by atoms with Gasteiger partial charge in [0.2, 0.25) is 0 Å². The Hall–Kier alpha value is -3.88. The van der Waals surface area contributed by atoms with Gasteiger partial charge in [0, 0.05) is 4.88 Å². The molecule has 0 unspecified atom stereocenters. The number of nitrogens with zero attached hydrogens (tertiary/aromatic N) is 1. The number of rotatable bonds is 11. The van der Waals surface area contributed by atoms with Crippen LogP contribution in [0.25, 0.3) is 0 Å². The van der Waals surface area contributed by atoms with Gasteiger partial charge in [-0.05, 0) is 68.1 Å². The van der Waals surface area contributed by atoms with E-state index in [0.29, 0.717) is 16.8 Å². The molecule has 0 radical (unpaired) electrons. The molecule has 0 saturated carbocycles. The van der Waals surface area contributed by atoms with E-state index in [9.17, 15) is 36.0 Å². The van der Waals surface area contributed by atoms with Crippen LogP contribution in [0.1, 0.15) is 50.1 Å². The number of esters is 2. The van der Waals surface area contributed by atoms with Crippen LogP contribution in [-0.2, 0) is 43.3 Å². The quantitative estimate of drug-likeness (QED) is 0.189. The SMILES string of the molecule is C=CCN(c1cccc(C(F)(F)F)c1)S(=O)(=O)c1ccc(Cl)c(C(=O)OCC(=O)Nc2sc3c(c2C(=O)OCC)CCC3)c1. The van der Waals surface area contributed by atoms with Crippen LogP contribution in [0.3, 0.4) is 0 Å². The van der Waals surface area contributed by atoms with Crippen molar-refractivity contribution < 1.29 is 45.4 Å². The minimum absolute atomic E-state index is 0.148. The summed E-state index contributed by atoms with van der Waals surface area (Å²) in [5.74, 6) is -2.46. The Morgan fingerprint density at radius 3 is 2.55 bits per heavy atom. The second kappa shape index (κ2) is 13.4. The Morgan fingerprint density at radius 2 is 1.86 bits per heavy atom. The van der Waals surface area contributed by atoms with Crippen LogP contribution >= 0.6 is 22.9 Å². The number of hydrogen-bond acceptors (Lipinski definition) is 8. The molecule has 9 nitrogen and oxygen atoms in total. The smallest absolute Gasteiger partial charge is 0.416 e. The topological polar surface area (TPSA) is 119 Å². The zero-order valence-electron chi connectivity index (χ0n) is 23.2. The maximum Gasteiger partial charge on any atom is 0.416 e. The Balaban J connectivity index is 1.53. The number of carbonyl (C=O) groups is 3. The number of thiophene rings is 1. The summed E-state index contributed by atoms with van der Waals surface area (Å²) in [6.45, 7) is 4.13. The Labute approximate surface area is 260 Å². The number of nitrogens with one attached hydrogen (secondary N) is 1. The first-order valence-electron chi connectivity index (χ1n) is 13.2. The number of benzene rings is 2. The molecule has 1 heterocycles. The maximum atomic E-state index is 13.5. The van der Waals surface area contributed by atoms with Crippen LogP contribution in [0.15, 0.2) is 60.0 Å². The van der Waals surface area contributed by atoms with Crippen molar-refractivity contribution in [2.75, 3.05) is 29.4 Å². The zero-order chi connectivity index (χ0) is 32.2. The predicted molar refractivity (Wildman–Crippen MR) is 159 cm³/mol. The molecule has 4 rings (SSSR count). The average molecular weight is 671 g/mol. The molecular formula is C29H26ClF3N2O7S2. The number of hydrogen-bond donors (Lipinski definition) is 1. The first-order chi connectivity index (χ1) is 20.8. The fourth-order valence-electron chi connectivity index (χ4n) is 4.53. The summed E-state index contributed by atoms with van der Waals surface area (Å²) in [5, 5.41) is 2.66. The lowest BCUT2D eigenvalue weighted by Gasteiger charge is -2.24. The highest BCUT2D eigenvalue weighted by molar-refractivity contribution is 7.92. The van der Waals surface area contributed by atoms with E-state index in [2.05, 4.69) is 11.9 Å². The summed E-state index contributed by atoms with van der Waals surface area (Å²) in [6.07, 6.45) is -1.22. The van der Waals surface area contributed by atoms with Crippen LogP contribution in [0.5, 0.6) is 0 Å². The zero-order valence-corrected chi connectivity index (χ0v) is 25.6. The molecule has 15 heteroatoms. The summed E-state index contributed by atoms with van der Waals surface area (Å²) in [6, 6.07) is 6.84. The third-order valence-electron chi connectivity index (χ3n) is 6.49. The molecule has 0 saturated heterocycles. The summed E-state index contributed by atoms with van der Waals surface area (Å²) >= 11 is 7.38. The van der Waals surface area contributed by atoms with E-state index in [1.54, 1.807) is 6.92 Å². The van der Waals surface area contributed by atoms with E-state index in [0.717, 1.165) is 53.6 Å². The third-order valence-corrected chi connectivity index (χ3v) is 9.82. The van der Waals surface area contributed by atoms with Crippen LogP contribution < -0.4 is 9.62 Å². The number of sulfonamides is 1. The standard InChI is InChI=1S/C29H26ClF3N2O7S2/c1-3-13-35(18-8-5-7-17(14-18)29(31,32)33)44(39,40)19-11-12-22(30)21(15-19)27(37)42-16-24(36)34-26-25(28(38)41-4-2)20-9-6-10-23(20)43-26/h3,5,7-8,11-12,14-15H,1,4,6,9-10,13,16H2,2H3,(H,34,36). The molecule has 1 amide bonds. The van der Waals surface area contributed by atoms with Crippen molar-refractivity contribution in [3.8, 4) is 0 Å². The number of ether oxygens (including phenoxy) is 2. The van der Waals surface area contributed by atoms with E-state index >= 15 is 0 Å². The lowest BCUT2D eigenvalue weighted by molar-refractivity contribution is -0.137. The van der Waals surface area contributed by atoms with Crippen molar-refractivity contribution >= 4 is 61.5 Å². The molecule has 1 aromatic heterocycles. The number of aryl methyl sites for hydroxylation is 1. The molecule has 0 bridgehead atoms. The monoisotopic (exact) mass is 670 g/mol. The van der Waals surface area contributed by atoms with Gasteiger partial charge in [0.15, 0.2) is 6.61 Å². The van der Waals surface area contributed by atoms with Gasteiger partial charge in [-0.3, -0.25) is 9.10 Å². The van der Waals surface area contributed by atoms with Crippen LogP contribution in [0.2, 0.25) is 5.02 Å². The van der Waals surface area contributed by atoms with Crippen molar-refractivity contribution in [1.82, 2.24) is 0 Å². The van der Waals surface area contributed by atoms with Gasteiger partial charge in [-0.25, -0.2) is 18.0 Å². The van der Waals surface area contributed by atoms with E-state index < -0.39 is 56.7 Å². The van der Waals surface area contributed by atoms with Gasteiger partial charge in [0.25, 0.3) is 15.9 Å². The second-order valence-electron chi connectivity index (χ2n) is 9.42. The number of alkyl halides is 3. The van der Waals surface area contributed by atoms with Gasteiger partial charge in [0.1, 0.15) is 5.00 Å². The van der Waals surface area contributed by atoms with E-state index in [1.165, 1.54) is 23.5 Å². The highest BCUT2D eigenvalue weighted by atomic mass is 35.5. The molecule has 1 N–H and O–H groups in total. The van der Waals surface area contributed by atoms with Gasteiger partial charge < -0.3 is 14.8 Å². The number of carbonyl (C=O) groups excluding carboxylic acids is 3. The van der Waals surface area contributed by atoms with Gasteiger partial charge in [-0.1, -0.05) is 23.7 Å². The van der Waals surface area contributed by atoms with Crippen LogP contribution in [-0.4, -0.2) is 46.0 Å². The molecule has 3 aromatic rings. The van der Waals surface area contributed by atoms with Crippen LogP contribution in [0, 0.1) is 0 Å². The van der Waals surface area contributed by atoms with Crippen molar-refractivity contribution in [3.63, 3.8) is 0 Å². The van der Waals surface area contributed by atoms with Crippen LogP contribution in [0.4, 0.5) is 23.9 Å². The molecule has 2 aromatic carbocycles. The molecule has 0 spiro atoms. The Kier molecular flexibility index (Phi) is 10.1. The highest BCUT2D eigenvalue weighted by Crippen LogP contribution is 2.39. The molecule has 0 fully saturated rings. The fraction of sp³-hybridized carbons (Fsp3) is 0.276. The number of fused-ring (bicyclic) bond motifs is 1. The van der Waals surface area contributed by atoms with Crippen molar-refractivity contribution in [3.05, 3.63) is 87.3 Å². The normalized spacial score (nSPS) is 12.8. The average Bonchev–Trinajstić information content (AvgIpc) is 3.55. The lowest BCUT2D eigenvalue weighted by Crippen LogP contribution is -2.31. The summed E-state index contributed by atoms with van der Waals surface area (Å²) in [4.78, 5) is 38.6. The minimum atomic E-state index is -4.72. The van der Waals surface area contributed by atoms with Gasteiger partial charge in [-0.2, -0.15) is 13.2 Å². The molecule has 1 aliphatic rings. The van der Waals surface area contributed by atoms with E-state index in [1.807, 2.05) is 0 Å². The molecule has 44 heavy (non-hydrogen) atoms. The molecule has 1 aliphatic carbocycles. The highest BCUT2D eigenvalue weighted by Gasteiger charge is 2.33. The number of anilines is 2. The van der Waals surface area contributed by atoms with Gasteiger partial charge in [0.05, 0.1) is 45.4 Å². The summed E-state index contributed by atoms with van der Waals surface area (Å²) in [7, 11) is -4.53. The Bertz CT molecular complexity index is 1720. The van der Waals surface area contributed by atoms with Gasteiger partial charge in [-0.15, -0.1) is 17.9 Å². The molecule has 234 valence electrons. The lowest BCUT2D eigenvalue weighted by atomic mass is 10.1. The molecule has 0 aliphatic heterocycles. The fourth-order valence-corrected chi connectivity index (χ4v) is 7.47. The summed E-state index contributed by atoms with van der Waals surface area (Å²) < 4.78 is 77.9. The third kappa shape index (κ3) is 7.08. The molecular weight excluding hydrogens is 645 g/mol. The first kappa shape index (κ1) is 33.0. The van der Waals surface area contributed by atoms with Crippen molar-refractivity contribution in [1.29, 1.82) is 0 Å². The van der Waals surface area contributed by atoms with Crippen molar-refractivity contribution in [2.24, 2.45) is 0 Å². The number of amides is 1.